The summed E-state index contributed by atoms with van der Waals surface area (Å²) in [5, 5.41) is 9.32. The number of hydrogen-bond acceptors (Lipinski definition) is 3. The molecule has 6 nitrogen and oxygen atoms in total. The van der Waals surface area contributed by atoms with E-state index in [4.69, 9.17) is 4.74 Å². The summed E-state index contributed by atoms with van der Waals surface area (Å²) in [5.41, 5.74) is 1.89. The van der Waals surface area contributed by atoms with E-state index in [0.717, 1.165) is 36.9 Å². The zero-order valence-electron chi connectivity index (χ0n) is 15.2. The largest absolute Gasteiger partial charge is 0.380 e. The topological polar surface area (TPSA) is 74.8 Å². The number of benzene rings is 1. The second kappa shape index (κ2) is 11.5. The van der Waals surface area contributed by atoms with E-state index in [-0.39, 0.29) is 11.8 Å². The maximum Gasteiger partial charge on any atom is 0.226 e. The van der Waals surface area contributed by atoms with E-state index in [2.05, 4.69) is 20.9 Å². The molecule has 6 heteroatoms. The number of hydrogen-bond donors (Lipinski definition) is 3. The van der Waals surface area contributed by atoms with Crippen LogP contribution in [-0.4, -0.2) is 38.2 Å². The zero-order chi connectivity index (χ0) is 17.8. The molecule has 0 heterocycles. The molecule has 0 aromatic heterocycles. The van der Waals surface area contributed by atoms with Crippen molar-refractivity contribution in [3.8, 4) is 0 Å². The van der Waals surface area contributed by atoms with Crippen LogP contribution in [0.2, 0.25) is 0 Å². The Balaban J connectivity index is 2.54. The van der Waals surface area contributed by atoms with E-state index in [1.807, 2.05) is 52.0 Å². The number of guanidine groups is 1. The first-order valence-corrected chi connectivity index (χ1v) is 8.56. The van der Waals surface area contributed by atoms with Crippen molar-refractivity contribution < 1.29 is 9.53 Å². The van der Waals surface area contributed by atoms with Crippen LogP contribution in [-0.2, 0) is 16.1 Å². The van der Waals surface area contributed by atoms with E-state index in [1.54, 1.807) is 0 Å². The highest BCUT2D eigenvalue weighted by Crippen LogP contribution is 2.11. The second-order valence-electron chi connectivity index (χ2n) is 5.66. The Kier molecular flexibility index (Phi) is 9.53. The molecule has 3 N–H and O–H groups in total. The van der Waals surface area contributed by atoms with Crippen molar-refractivity contribution in [1.29, 1.82) is 0 Å². The second-order valence-corrected chi connectivity index (χ2v) is 5.66. The van der Waals surface area contributed by atoms with Crippen LogP contribution in [0.3, 0.4) is 0 Å². The quantitative estimate of drug-likeness (QED) is 0.368. The number of nitrogens with zero attached hydrogens (tertiary/aromatic N) is 1. The van der Waals surface area contributed by atoms with Crippen LogP contribution in [0.4, 0.5) is 5.69 Å². The minimum atomic E-state index is -0.0280. The first-order valence-electron chi connectivity index (χ1n) is 8.56. The number of ether oxygens (including phenoxy) is 1. The molecule has 1 aromatic rings. The van der Waals surface area contributed by atoms with Gasteiger partial charge in [-0.2, -0.15) is 0 Å². The van der Waals surface area contributed by atoms with Crippen molar-refractivity contribution in [2.24, 2.45) is 10.9 Å². The molecule has 0 bridgehead atoms. The number of carbonyl (C=O) groups excluding carboxylic acids is 1. The van der Waals surface area contributed by atoms with Crippen molar-refractivity contribution in [3.05, 3.63) is 29.8 Å². The van der Waals surface area contributed by atoms with Gasteiger partial charge in [0.1, 0.15) is 0 Å². The number of carbonyl (C=O) groups is 1. The average Bonchev–Trinajstić information content (AvgIpc) is 2.57. The van der Waals surface area contributed by atoms with Gasteiger partial charge in [0.05, 0.1) is 13.2 Å². The summed E-state index contributed by atoms with van der Waals surface area (Å²) in [6.07, 6.45) is 0. The van der Waals surface area contributed by atoms with E-state index in [1.165, 1.54) is 0 Å². The van der Waals surface area contributed by atoms with E-state index in [0.29, 0.717) is 13.2 Å². The lowest BCUT2D eigenvalue weighted by molar-refractivity contribution is -0.118. The highest BCUT2D eigenvalue weighted by Gasteiger charge is 2.06. The van der Waals surface area contributed by atoms with Gasteiger partial charge in [0.15, 0.2) is 5.96 Å². The average molecular weight is 334 g/mol. The van der Waals surface area contributed by atoms with Gasteiger partial charge in [0, 0.05) is 31.3 Å². The molecule has 0 unspecified atom stereocenters. The van der Waals surface area contributed by atoms with Crippen LogP contribution in [0.5, 0.6) is 0 Å². The predicted molar refractivity (Wildman–Crippen MR) is 99.2 cm³/mol. The van der Waals surface area contributed by atoms with E-state index >= 15 is 0 Å². The fraction of sp³-hybridized carbons (Fsp3) is 0.556. The summed E-state index contributed by atoms with van der Waals surface area (Å²) in [4.78, 5) is 16.2. The minimum Gasteiger partial charge on any atom is -0.380 e. The Morgan fingerprint density at radius 1 is 1.17 bits per heavy atom. The van der Waals surface area contributed by atoms with Crippen LogP contribution in [0, 0.1) is 5.92 Å². The molecule has 0 aliphatic carbocycles. The van der Waals surface area contributed by atoms with Crippen molar-refractivity contribution in [1.82, 2.24) is 10.6 Å². The molecule has 0 radical (unpaired) electrons. The molecule has 134 valence electrons. The number of rotatable bonds is 9. The molecule has 24 heavy (non-hydrogen) atoms. The number of aliphatic imine (C=N–C) groups is 1. The zero-order valence-corrected chi connectivity index (χ0v) is 15.2. The third-order valence-corrected chi connectivity index (χ3v) is 3.25. The van der Waals surface area contributed by atoms with E-state index < -0.39 is 0 Å². The van der Waals surface area contributed by atoms with Crippen molar-refractivity contribution in [2.45, 2.75) is 34.2 Å². The summed E-state index contributed by atoms with van der Waals surface area (Å²) in [6, 6.07) is 7.76. The molecule has 1 aromatic carbocycles. The highest BCUT2D eigenvalue weighted by atomic mass is 16.5. The first-order chi connectivity index (χ1) is 11.6. The smallest absolute Gasteiger partial charge is 0.226 e. The van der Waals surface area contributed by atoms with Gasteiger partial charge in [-0.25, -0.2) is 4.99 Å². The summed E-state index contributed by atoms with van der Waals surface area (Å²) in [6.45, 7) is 11.2. The first kappa shape index (κ1) is 20.0. The highest BCUT2D eigenvalue weighted by molar-refractivity contribution is 5.92. The molecule has 0 spiro atoms. The number of anilines is 1. The fourth-order valence-corrected chi connectivity index (χ4v) is 1.88. The van der Waals surface area contributed by atoms with Gasteiger partial charge in [-0.3, -0.25) is 4.79 Å². The summed E-state index contributed by atoms with van der Waals surface area (Å²) in [5.74, 6) is 0.766. The summed E-state index contributed by atoms with van der Waals surface area (Å²) in [7, 11) is 0. The van der Waals surface area contributed by atoms with Crippen LogP contribution in [0.25, 0.3) is 0 Å². The maximum absolute atomic E-state index is 11.7. The third-order valence-electron chi connectivity index (χ3n) is 3.25. The lowest BCUT2D eigenvalue weighted by Crippen LogP contribution is -2.39. The predicted octanol–water partition coefficient (Wildman–Crippen LogP) is 2.37. The molecule has 1 amide bonds. The van der Waals surface area contributed by atoms with Gasteiger partial charge < -0.3 is 20.7 Å². The Morgan fingerprint density at radius 2 is 1.88 bits per heavy atom. The fourth-order valence-electron chi connectivity index (χ4n) is 1.88. The lowest BCUT2D eigenvalue weighted by atomic mass is 10.2. The van der Waals surface area contributed by atoms with Gasteiger partial charge in [-0.05, 0) is 31.5 Å². The SMILES string of the molecule is CCNC(=NCc1ccc(NC(=O)C(C)C)cc1)NCCOCC. The molecule has 0 aliphatic rings. The lowest BCUT2D eigenvalue weighted by Gasteiger charge is -2.11. The standard InChI is InChI=1S/C18H30N4O2/c1-5-19-18(20-11-12-24-6-2)21-13-15-7-9-16(10-8-15)22-17(23)14(3)4/h7-10,14H,5-6,11-13H2,1-4H3,(H,22,23)(H2,19,20,21). The van der Waals surface area contributed by atoms with Crippen molar-refractivity contribution in [3.63, 3.8) is 0 Å². The molecule has 1 rings (SSSR count). The van der Waals surface area contributed by atoms with Crippen LogP contribution in [0.1, 0.15) is 33.3 Å². The van der Waals surface area contributed by atoms with Crippen molar-refractivity contribution >= 4 is 17.6 Å². The van der Waals surface area contributed by atoms with Crippen LogP contribution < -0.4 is 16.0 Å². The molecular formula is C18H30N4O2. The molecule has 0 saturated carbocycles. The van der Waals surface area contributed by atoms with Gasteiger partial charge in [-0.1, -0.05) is 26.0 Å². The van der Waals surface area contributed by atoms with Gasteiger partial charge in [0.2, 0.25) is 5.91 Å². The molecule has 0 atom stereocenters. The minimum absolute atomic E-state index is 0.0219. The Labute approximate surface area is 145 Å². The van der Waals surface area contributed by atoms with E-state index in [9.17, 15) is 4.79 Å². The molecular weight excluding hydrogens is 304 g/mol. The Hall–Kier alpha value is -2.08. The maximum atomic E-state index is 11.7. The van der Waals surface area contributed by atoms with Crippen molar-refractivity contribution in [2.75, 3.05) is 31.6 Å². The summed E-state index contributed by atoms with van der Waals surface area (Å²) >= 11 is 0. The molecule has 0 fully saturated rings. The summed E-state index contributed by atoms with van der Waals surface area (Å²) < 4.78 is 5.31. The number of nitrogens with one attached hydrogen (secondary N) is 3. The Morgan fingerprint density at radius 3 is 2.46 bits per heavy atom. The third kappa shape index (κ3) is 7.97. The van der Waals surface area contributed by atoms with Gasteiger partial charge in [0.25, 0.3) is 0 Å². The van der Waals surface area contributed by atoms with Crippen LogP contribution >= 0.6 is 0 Å². The Bertz CT molecular complexity index is 512. The van der Waals surface area contributed by atoms with Gasteiger partial charge in [-0.15, -0.1) is 0 Å². The van der Waals surface area contributed by atoms with Crippen LogP contribution in [0.15, 0.2) is 29.3 Å². The molecule has 0 saturated heterocycles. The normalized spacial score (nSPS) is 11.5. The van der Waals surface area contributed by atoms with Gasteiger partial charge >= 0.3 is 0 Å². The monoisotopic (exact) mass is 334 g/mol. The molecule has 0 aliphatic heterocycles. The number of amides is 1.